The number of hydrogen-bond donors (Lipinski definition) is 1. The molecule has 1 aromatic rings. The molecule has 0 radical (unpaired) electrons. The van der Waals surface area contributed by atoms with Crippen LogP contribution in [0.5, 0.6) is 5.75 Å². The van der Waals surface area contributed by atoms with Gasteiger partial charge in [-0.2, -0.15) is 0 Å². The first kappa shape index (κ1) is 13.0. The van der Waals surface area contributed by atoms with E-state index in [1.165, 1.54) is 5.56 Å². The fourth-order valence-corrected chi connectivity index (χ4v) is 3.76. The van der Waals surface area contributed by atoms with Crippen LogP contribution in [0.2, 0.25) is 0 Å². The van der Waals surface area contributed by atoms with Gasteiger partial charge in [0.1, 0.15) is 5.75 Å². The van der Waals surface area contributed by atoms with E-state index in [2.05, 4.69) is 32.9 Å². The Morgan fingerprint density at radius 1 is 1.26 bits per heavy atom. The molecule has 0 spiro atoms. The Kier molecular flexibility index (Phi) is 2.90. The first-order chi connectivity index (χ1) is 8.91. The third kappa shape index (κ3) is 2.16. The minimum atomic E-state index is -0.660. The lowest BCUT2D eigenvalue weighted by atomic mass is 9.63. The molecule has 2 heteroatoms. The molecule has 0 aromatic heterocycles. The zero-order chi connectivity index (χ0) is 13.7. The Hall–Kier alpha value is -1.02. The zero-order valence-corrected chi connectivity index (χ0v) is 12.2. The Balaban J connectivity index is 1.92. The number of fused-ring (bicyclic) bond motifs is 1. The monoisotopic (exact) mass is 260 g/mol. The molecule has 104 valence electrons. The van der Waals surface area contributed by atoms with Crippen LogP contribution < -0.4 is 4.74 Å². The van der Waals surface area contributed by atoms with E-state index in [1.54, 1.807) is 0 Å². The fourth-order valence-electron chi connectivity index (χ4n) is 3.76. The summed E-state index contributed by atoms with van der Waals surface area (Å²) in [6, 6.07) is 6.25. The lowest BCUT2D eigenvalue weighted by molar-refractivity contribution is -0.0770. The molecule has 2 nitrogen and oxygen atoms in total. The van der Waals surface area contributed by atoms with Crippen LogP contribution in [0.25, 0.3) is 0 Å². The van der Waals surface area contributed by atoms with Crippen molar-refractivity contribution in [2.45, 2.75) is 52.1 Å². The maximum atomic E-state index is 11.1. The number of rotatable bonds is 1. The van der Waals surface area contributed by atoms with Gasteiger partial charge in [-0.05, 0) is 53.9 Å². The number of ether oxygens (including phenoxy) is 1. The highest BCUT2D eigenvalue weighted by molar-refractivity contribution is 5.42. The van der Waals surface area contributed by atoms with Crippen LogP contribution >= 0.6 is 0 Å². The average molecular weight is 260 g/mol. The summed E-state index contributed by atoms with van der Waals surface area (Å²) in [5, 5.41) is 11.1. The molecule has 3 rings (SSSR count). The van der Waals surface area contributed by atoms with Crippen molar-refractivity contribution >= 4 is 0 Å². The van der Waals surface area contributed by atoms with Crippen LogP contribution in [0.15, 0.2) is 18.2 Å². The van der Waals surface area contributed by atoms with Gasteiger partial charge >= 0.3 is 0 Å². The standard InChI is InChI=1S/C17H24O2/c1-12-11-16(2,3)7-8-17(12,18)14-4-5-15-13(10-14)6-9-19-15/h4-5,10,12,18H,6-9,11H2,1-3H3. The van der Waals surface area contributed by atoms with E-state index in [-0.39, 0.29) is 0 Å². The predicted molar refractivity (Wildman–Crippen MR) is 76.3 cm³/mol. The second kappa shape index (κ2) is 4.24. The van der Waals surface area contributed by atoms with E-state index >= 15 is 0 Å². The van der Waals surface area contributed by atoms with E-state index in [1.807, 2.05) is 6.07 Å². The molecule has 1 heterocycles. The molecular weight excluding hydrogens is 236 g/mol. The zero-order valence-electron chi connectivity index (χ0n) is 12.2. The van der Waals surface area contributed by atoms with Crippen molar-refractivity contribution in [3.63, 3.8) is 0 Å². The Labute approximate surface area is 115 Å². The predicted octanol–water partition coefficient (Wildman–Crippen LogP) is 3.66. The molecule has 2 unspecified atom stereocenters. The molecule has 1 fully saturated rings. The lowest BCUT2D eigenvalue weighted by Gasteiger charge is -2.45. The van der Waals surface area contributed by atoms with Gasteiger partial charge in [0.15, 0.2) is 0 Å². The second-order valence-corrected chi connectivity index (χ2v) is 7.11. The van der Waals surface area contributed by atoms with Crippen LogP contribution in [0.1, 0.15) is 51.2 Å². The molecule has 2 aliphatic rings. The summed E-state index contributed by atoms with van der Waals surface area (Å²) in [4.78, 5) is 0. The molecule has 1 saturated carbocycles. The highest BCUT2D eigenvalue weighted by atomic mass is 16.5. The minimum absolute atomic E-state index is 0.302. The van der Waals surface area contributed by atoms with E-state index in [0.717, 1.165) is 43.6 Å². The maximum absolute atomic E-state index is 11.1. The van der Waals surface area contributed by atoms with Crippen LogP contribution in [0.4, 0.5) is 0 Å². The molecule has 0 amide bonds. The van der Waals surface area contributed by atoms with Crippen LogP contribution in [0.3, 0.4) is 0 Å². The highest BCUT2D eigenvalue weighted by Crippen LogP contribution is 2.49. The van der Waals surface area contributed by atoms with Crippen molar-refractivity contribution in [2.75, 3.05) is 6.61 Å². The van der Waals surface area contributed by atoms with Crippen molar-refractivity contribution in [3.05, 3.63) is 29.3 Å². The van der Waals surface area contributed by atoms with Gasteiger partial charge in [-0.15, -0.1) is 0 Å². The highest BCUT2D eigenvalue weighted by Gasteiger charge is 2.43. The fraction of sp³-hybridized carbons (Fsp3) is 0.647. The van der Waals surface area contributed by atoms with Gasteiger partial charge in [0, 0.05) is 6.42 Å². The summed E-state index contributed by atoms with van der Waals surface area (Å²) in [6.07, 6.45) is 4.00. The molecule has 2 atom stereocenters. The smallest absolute Gasteiger partial charge is 0.122 e. The van der Waals surface area contributed by atoms with Gasteiger partial charge in [-0.1, -0.05) is 26.8 Å². The van der Waals surface area contributed by atoms with Crippen LogP contribution in [-0.4, -0.2) is 11.7 Å². The summed E-state index contributed by atoms with van der Waals surface area (Å²) in [5.74, 6) is 1.30. The van der Waals surface area contributed by atoms with E-state index in [4.69, 9.17) is 4.74 Å². The van der Waals surface area contributed by atoms with Gasteiger partial charge in [0.05, 0.1) is 12.2 Å². The summed E-state index contributed by atoms with van der Waals surface area (Å²) >= 11 is 0. The summed E-state index contributed by atoms with van der Waals surface area (Å²) in [5.41, 5.74) is 2.03. The van der Waals surface area contributed by atoms with E-state index in [9.17, 15) is 5.11 Å². The maximum Gasteiger partial charge on any atom is 0.122 e. The van der Waals surface area contributed by atoms with Gasteiger partial charge in [-0.3, -0.25) is 0 Å². The largest absolute Gasteiger partial charge is 0.493 e. The normalized spacial score (nSPS) is 32.7. The number of benzene rings is 1. The molecule has 1 N–H and O–H groups in total. The molecule has 0 bridgehead atoms. The summed E-state index contributed by atoms with van der Waals surface area (Å²) in [6.45, 7) is 7.57. The molecule has 0 saturated heterocycles. The summed E-state index contributed by atoms with van der Waals surface area (Å²) in [7, 11) is 0. The first-order valence-electron chi connectivity index (χ1n) is 7.39. The van der Waals surface area contributed by atoms with Gasteiger partial charge in [-0.25, -0.2) is 0 Å². The van der Waals surface area contributed by atoms with E-state index in [0.29, 0.717) is 11.3 Å². The third-order valence-corrected chi connectivity index (χ3v) is 5.05. The van der Waals surface area contributed by atoms with E-state index < -0.39 is 5.60 Å². The Bertz CT molecular complexity index is 492. The lowest BCUT2D eigenvalue weighted by Crippen LogP contribution is -2.41. The molecule has 1 aliphatic heterocycles. The minimum Gasteiger partial charge on any atom is -0.493 e. The summed E-state index contributed by atoms with van der Waals surface area (Å²) < 4.78 is 5.55. The van der Waals surface area contributed by atoms with Crippen molar-refractivity contribution in [1.82, 2.24) is 0 Å². The van der Waals surface area contributed by atoms with Crippen LogP contribution in [0, 0.1) is 11.3 Å². The average Bonchev–Trinajstić information content (AvgIpc) is 2.81. The van der Waals surface area contributed by atoms with Crippen molar-refractivity contribution in [3.8, 4) is 5.75 Å². The molecule has 1 aromatic carbocycles. The Morgan fingerprint density at radius 2 is 2.05 bits per heavy atom. The number of aliphatic hydroxyl groups is 1. The van der Waals surface area contributed by atoms with Gasteiger partial charge < -0.3 is 9.84 Å². The first-order valence-corrected chi connectivity index (χ1v) is 7.39. The third-order valence-electron chi connectivity index (χ3n) is 5.05. The second-order valence-electron chi connectivity index (χ2n) is 7.11. The van der Waals surface area contributed by atoms with Crippen LogP contribution in [-0.2, 0) is 12.0 Å². The molecular formula is C17H24O2. The van der Waals surface area contributed by atoms with Gasteiger partial charge in [0.25, 0.3) is 0 Å². The van der Waals surface area contributed by atoms with Gasteiger partial charge in [0.2, 0.25) is 0 Å². The van der Waals surface area contributed by atoms with Crippen molar-refractivity contribution in [2.24, 2.45) is 11.3 Å². The Morgan fingerprint density at radius 3 is 2.79 bits per heavy atom. The molecule has 19 heavy (non-hydrogen) atoms. The van der Waals surface area contributed by atoms with Crippen molar-refractivity contribution in [1.29, 1.82) is 0 Å². The molecule has 1 aliphatic carbocycles. The topological polar surface area (TPSA) is 29.5 Å². The quantitative estimate of drug-likeness (QED) is 0.835. The van der Waals surface area contributed by atoms with Crippen molar-refractivity contribution < 1.29 is 9.84 Å². The number of hydrogen-bond acceptors (Lipinski definition) is 2. The SMILES string of the molecule is CC1CC(C)(C)CCC1(O)c1ccc2c(c1)CCO2.